The number of rotatable bonds is 9. The number of Topliss-reactive ketones (excluding diaryl/α,β-unsaturated/α-hetero) is 1. The van der Waals surface area contributed by atoms with Gasteiger partial charge in [0.25, 0.3) is 0 Å². The van der Waals surface area contributed by atoms with Crippen molar-refractivity contribution in [1.82, 2.24) is 5.32 Å². The summed E-state index contributed by atoms with van der Waals surface area (Å²) in [7, 11) is 0. The molecule has 4 rings (SSSR count). The second-order valence-electron chi connectivity index (χ2n) is 11.8. The summed E-state index contributed by atoms with van der Waals surface area (Å²) in [4.78, 5) is 13.2. The molecular weight excluding hydrogens is 497 g/mol. The fourth-order valence-electron chi connectivity index (χ4n) is 8.55. The zero-order chi connectivity index (χ0) is 22.1. The Labute approximate surface area is 204 Å². The van der Waals surface area contributed by atoms with Crippen LogP contribution in [-0.2, 0) is 4.79 Å². The first kappa shape index (κ1) is 24.4. The van der Waals surface area contributed by atoms with Crippen LogP contribution in [0.5, 0.6) is 0 Å². The van der Waals surface area contributed by atoms with Crippen LogP contribution in [0.25, 0.3) is 0 Å². The Morgan fingerprint density at radius 3 is 2.58 bits per heavy atom. The number of halogens is 1. The second-order valence-corrected chi connectivity index (χ2v) is 13.8. The molecule has 4 aliphatic rings. The first-order chi connectivity index (χ1) is 14.9. The number of alkyl halides is 1. The molecule has 0 aromatic heterocycles. The van der Waals surface area contributed by atoms with Crippen LogP contribution in [0.4, 0.5) is 0 Å². The van der Waals surface area contributed by atoms with E-state index in [9.17, 15) is 9.90 Å². The number of ketones is 1. The molecular formula is C27H46INO2. The van der Waals surface area contributed by atoms with Crippen molar-refractivity contribution in [1.29, 1.82) is 0 Å². The number of carbonyl (C=O) groups is 1. The number of nitrogens with one attached hydrogen (secondary N) is 1. The van der Waals surface area contributed by atoms with Crippen molar-refractivity contribution in [3.8, 4) is 0 Å². The maximum Gasteiger partial charge on any atom is 0.137 e. The maximum absolute atomic E-state index is 13.2. The molecule has 3 nitrogen and oxygen atoms in total. The van der Waals surface area contributed by atoms with Crippen molar-refractivity contribution >= 4 is 28.4 Å². The minimum absolute atomic E-state index is 0.255. The van der Waals surface area contributed by atoms with Crippen LogP contribution in [0.3, 0.4) is 0 Å². The molecule has 2 N–H and O–H groups in total. The molecule has 0 spiro atoms. The van der Waals surface area contributed by atoms with Gasteiger partial charge in [-0.25, -0.2) is 0 Å². The van der Waals surface area contributed by atoms with E-state index < -0.39 is 3.61 Å². The van der Waals surface area contributed by atoms with Crippen LogP contribution >= 0.6 is 22.6 Å². The quantitative estimate of drug-likeness (QED) is 0.198. The molecule has 0 unspecified atom stereocenters. The molecule has 0 amide bonds. The van der Waals surface area contributed by atoms with Crippen molar-refractivity contribution in [2.75, 3.05) is 13.1 Å². The van der Waals surface area contributed by atoms with Gasteiger partial charge in [0.2, 0.25) is 0 Å². The Bertz CT molecular complexity index is 622. The zero-order valence-corrected chi connectivity index (χ0v) is 22.2. The Hall–Kier alpha value is 0.320. The summed E-state index contributed by atoms with van der Waals surface area (Å²) in [5.41, 5.74) is 0.255. The van der Waals surface area contributed by atoms with E-state index in [-0.39, 0.29) is 5.41 Å². The smallest absolute Gasteiger partial charge is 0.137 e. The summed E-state index contributed by atoms with van der Waals surface area (Å²) < 4.78 is -0.455. The molecule has 0 aromatic rings. The summed E-state index contributed by atoms with van der Waals surface area (Å²) in [6.45, 7) is 6.67. The Morgan fingerprint density at radius 2 is 1.77 bits per heavy atom. The van der Waals surface area contributed by atoms with Gasteiger partial charge >= 0.3 is 0 Å². The van der Waals surface area contributed by atoms with E-state index in [1.165, 1.54) is 64.2 Å². The van der Waals surface area contributed by atoms with Gasteiger partial charge in [-0.1, -0.05) is 33.1 Å². The SMILES string of the molecule is CCCCCCNCCC(=O)[C@H]1CC[C@H]2[C@@H]3CC[C@@H]4C[C@@](O)(I)CC[C@@H]4[C@H]3CC[C@]12C. The molecule has 0 bridgehead atoms. The third-order valence-corrected chi connectivity index (χ3v) is 11.1. The van der Waals surface area contributed by atoms with Gasteiger partial charge in [-0.3, -0.25) is 4.79 Å². The van der Waals surface area contributed by atoms with Gasteiger partial charge in [-0.15, -0.1) is 0 Å². The second kappa shape index (κ2) is 10.3. The molecule has 4 fully saturated rings. The average Bonchev–Trinajstić information content (AvgIpc) is 3.09. The van der Waals surface area contributed by atoms with Crippen molar-refractivity contribution < 1.29 is 9.90 Å². The highest BCUT2D eigenvalue weighted by Gasteiger charge is 2.58. The zero-order valence-electron chi connectivity index (χ0n) is 20.0. The van der Waals surface area contributed by atoms with Gasteiger partial charge in [0, 0.05) is 18.9 Å². The van der Waals surface area contributed by atoms with Crippen molar-refractivity contribution in [2.24, 2.45) is 40.9 Å². The molecule has 4 aliphatic carbocycles. The standard InChI is InChI=1S/C27H46INO2/c1-3-4-5-6-16-29-17-13-25(30)24-10-9-23-22-8-7-19-18-27(28,31)15-12-20(19)21(22)11-14-26(23,24)2/h19-24,29,31H,3-18H2,1-2H3/t19-,20+,21-,22-,23+,24-,26+,27-/m1/s1. The van der Waals surface area contributed by atoms with E-state index >= 15 is 0 Å². The van der Waals surface area contributed by atoms with Crippen molar-refractivity contribution in [3.63, 3.8) is 0 Å². The maximum atomic E-state index is 13.2. The Kier molecular flexibility index (Phi) is 8.12. The van der Waals surface area contributed by atoms with Gasteiger partial charge in [0.1, 0.15) is 9.39 Å². The monoisotopic (exact) mass is 543 g/mol. The molecule has 31 heavy (non-hydrogen) atoms. The van der Waals surface area contributed by atoms with Crippen LogP contribution in [0.1, 0.15) is 104 Å². The Morgan fingerprint density at radius 1 is 0.968 bits per heavy atom. The van der Waals surface area contributed by atoms with Crippen LogP contribution in [0, 0.1) is 40.9 Å². The first-order valence-corrected chi connectivity index (χ1v) is 14.6. The third-order valence-electron chi connectivity index (χ3n) is 10.1. The van der Waals surface area contributed by atoms with E-state index in [1.807, 2.05) is 0 Å². The topological polar surface area (TPSA) is 49.3 Å². The summed E-state index contributed by atoms with van der Waals surface area (Å²) in [6.07, 6.45) is 16.8. The summed E-state index contributed by atoms with van der Waals surface area (Å²) in [5, 5.41) is 14.1. The summed E-state index contributed by atoms with van der Waals surface area (Å²) in [5.74, 6) is 4.91. The van der Waals surface area contributed by atoms with E-state index in [0.717, 1.165) is 68.4 Å². The highest BCUT2D eigenvalue weighted by atomic mass is 127. The molecule has 178 valence electrons. The molecule has 0 radical (unpaired) electrons. The normalized spacial score (nSPS) is 44.4. The van der Waals surface area contributed by atoms with Crippen LogP contribution < -0.4 is 5.32 Å². The van der Waals surface area contributed by atoms with Gasteiger partial charge in [-0.05, 0) is 128 Å². The number of hydrogen-bond acceptors (Lipinski definition) is 3. The predicted molar refractivity (Wildman–Crippen MR) is 136 cm³/mol. The first-order valence-electron chi connectivity index (χ1n) is 13.5. The summed E-state index contributed by atoms with van der Waals surface area (Å²) in [6, 6.07) is 0. The van der Waals surface area contributed by atoms with E-state index in [1.54, 1.807) is 0 Å². The number of hydrogen-bond donors (Lipinski definition) is 2. The highest BCUT2D eigenvalue weighted by Crippen LogP contribution is 2.65. The molecule has 4 saturated carbocycles. The largest absolute Gasteiger partial charge is 0.380 e. The molecule has 0 heterocycles. The highest BCUT2D eigenvalue weighted by molar-refractivity contribution is 14.1. The van der Waals surface area contributed by atoms with E-state index in [2.05, 4.69) is 41.8 Å². The van der Waals surface area contributed by atoms with Crippen LogP contribution in [0.15, 0.2) is 0 Å². The number of fused-ring (bicyclic) bond motifs is 5. The molecule has 0 saturated heterocycles. The lowest BCUT2D eigenvalue weighted by molar-refractivity contribution is -0.131. The lowest BCUT2D eigenvalue weighted by atomic mass is 9.49. The lowest BCUT2D eigenvalue weighted by Gasteiger charge is -2.56. The van der Waals surface area contributed by atoms with E-state index in [4.69, 9.17) is 0 Å². The minimum atomic E-state index is -0.455. The van der Waals surface area contributed by atoms with Crippen LogP contribution in [0.2, 0.25) is 0 Å². The molecule has 0 aliphatic heterocycles. The number of carbonyl (C=O) groups excluding carboxylic acids is 1. The molecule has 8 atom stereocenters. The predicted octanol–water partition coefficient (Wildman–Crippen LogP) is 6.51. The summed E-state index contributed by atoms with van der Waals surface area (Å²) >= 11 is 2.30. The minimum Gasteiger partial charge on any atom is -0.380 e. The lowest BCUT2D eigenvalue weighted by Crippen LogP contribution is -2.50. The number of aliphatic hydroxyl groups is 1. The fraction of sp³-hybridized carbons (Fsp3) is 0.963. The van der Waals surface area contributed by atoms with E-state index in [0.29, 0.717) is 11.7 Å². The fourth-order valence-corrected chi connectivity index (χ4v) is 9.42. The van der Waals surface area contributed by atoms with Crippen molar-refractivity contribution in [2.45, 2.75) is 107 Å². The van der Waals surface area contributed by atoms with Crippen LogP contribution in [-0.4, -0.2) is 27.6 Å². The van der Waals surface area contributed by atoms with Crippen molar-refractivity contribution in [3.05, 3.63) is 0 Å². The van der Waals surface area contributed by atoms with Gasteiger partial charge in [-0.2, -0.15) is 0 Å². The number of unbranched alkanes of at least 4 members (excludes halogenated alkanes) is 3. The third kappa shape index (κ3) is 5.21. The molecule has 0 aromatic carbocycles. The van der Waals surface area contributed by atoms with Gasteiger partial charge in [0.15, 0.2) is 0 Å². The van der Waals surface area contributed by atoms with Gasteiger partial charge in [0.05, 0.1) is 0 Å². The van der Waals surface area contributed by atoms with Gasteiger partial charge < -0.3 is 10.4 Å². The average molecular weight is 544 g/mol. The molecule has 4 heteroatoms. The Balaban J connectivity index is 1.30.